The number of nitrogens with one attached hydrogen (secondary N) is 1. The molecule has 0 aromatic heterocycles. The number of esters is 1. The monoisotopic (exact) mass is 414 g/mol. The third kappa shape index (κ3) is 5.95. The summed E-state index contributed by atoms with van der Waals surface area (Å²) in [4.78, 5) is 26.7. The highest BCUT2D eigenvalue weighted by atomic mass is 16.5. The van der Waals surface area contributed by atoms with Crippen LogP contribution in [0.1, 0.15) is 15.9 Å². The number of amides is 1. The number of carbonyl (C=O) groups excluding carboxylic acids is 2. The summed E-state index contributed by atoms with van der Waals surface area (Å²) in [6.07, 6.45) is 0. The van der Waals surface area contributed by atoms with Crippen LogP contribution >= 0.6 is 0 Å². The predicted molar refractivity (Wildman–Crippen MR) is 111 cm³/mol. The summed E-state index contributed by atoms with van der Waals surface area (Å²) < 4.78 is 20.8. The Kier molecular flexibility index (Phi) is 7.64. The van der Waals surface area contributed by atoms with Gasteiger partial charge >= 0.3 is 5.97 Å². The van der Waals surface area contributed by atoms with Crippen LogP contribution in [0.15, 0.2) is 42.5 Å². The number of morpholine rings is 1. The minimum Gasteiger partial charge on any atom is -0.497 e. The lowest BCUT2D eigenvalue weighted by Crippen LogP contribution is -2.35. The molecule has 0 aliphatic carbocycles. The number of hydrogen-bond acceptors (Lipinski definition) is 7. The van der Waals surface area contributed by atoms with Gasteiger partial charge in [-0.3, -0.25) is 9.69 Å². The maximum Gasteiger partial charge on any atom is 0.338 e. The van der Waals surface area contributed by atoms with Crippen LogP contribution in [-0.4, -0.2) is 63.9 Å². The van der Waals surface area contributed by atoms with E-state index in [2.05, 4.69) is 10.2 Å². The van der Waals surface area contributed by atoms with Gasteiger partial charge in [-0.25, -0.2) is 4.79 Å². The van der Waals surface area contributed by atoms with Crippen LogP contribution in [0.3, 0.4) is 0 Å². The molecule has 0 radical (unpaired) electrons. The van der Waals surface area contributed by atoms with E-state index in [9.17, 15) is 9.59 Å². The lowest BCUT2D eigenvalue weighted by Gasteiger charge is -2.26. The fraction of sp³-hybridized carbons (Fsp3) is 0.364. The molecule has 2 aromatic carbocycles. The standard InChI is InChI=1S/C22H26N2O6/c1-27-18-7-8-20(28-2)19(13-18)23-21(25)15-30-22(26)17-5-3-16(4-6-17)14-24-9-11-29-12-10-24/h3-8,13H,9-12,14-15H2,1-2H3,(H,23,25). The van der Waals surface area contributed by atoms with Crippen molar-refractivity contribution < 1.29 is 28.5 Å². The molecular weight excluding hydrogens is 388 g/mol. The number of anilines is 1. The summed E-state index contributed by atoms with van der Waals surface area (Å²) >= 11 is 0. The van der Waals surface area contributed by atoms with Crippen LogP contribution in [-0.2, 0) is 20.8 Å². The molecule has 3 rings (SSSR count). The van der Waals surface area contributed by atoms with E-state index in [1.165, 1.54) is 14.2 Å². The van der Waals surface area contributed by atoms with Gasteiger partial charge in [0, 0.05) is 25.7 Å². The SMILES string of the molecule is COc1ccc(OC)c(NC(=O)COC(=O)c2ccc(CN3CCOCC3)cc2)c1. The second-order valence-electron chi connectivity index (χ2n) is 6.78. The molecule has 0 atom stereocenters. The van der Waals surface area contributed by atoms with Gasteiger partial charge in [-0.05, 0) is 29.8 Å². The number of carbonyl (C=O) groups is 2. The van der Waals surface area contributed by atoms with Gasteiger partial charge in [0.25, 0.3) is 5.91 Å². The zero-order chi connectivity index (χ0) is 21.3. The van der Waals surface area contributed by atoms with Gasteiger partial charge in [0.05, 0.1) is 38.7 Å². The second-order valence-corrected chi connectivity index (χ2v) is 6.78. The minimum absolute atomic E-state index is 0.396. The van der Waals surface area contributed by atoms with E-state index in [4.69, 9.17) is 18.9 Å². The van der Waals surface area contributed by atoms with Crippen molar-refractivity contribution in [2.75, 3.05) is 52.4 Å². The van der Waals surface area contributed by atoms with Gasteiger partial charge in [0.15, 0.2) is 6.61 Å². The molecule has 1 saturated heterocycles. The van der Waals surface area contributed by atoms with Crippen LogP contribution < -0.4 is 14.8 Å². The molecule has 0 spiro atoms. The van der Waals surface area contributed by atoms with E-state index < -0.39 is 18.5 Å². The number of ether oxygens (including phenoxy) is 4. The number of rotatable bonds is 8. The largest absolute Gasteiger partial charge is 0.497 e. The highest BCUT2D eigenvalue weighted by Gasteiger charge is 2.14. The molecule has 1 heterocycles. The van der Waals surface area contributed by atoms with E-state index in [1.54, 1.807) is 30.3 Å². The van der Waals surface area contributed by atoms with Crippen LogP contribution in [0.2, 0.25) is 0 Å². The molecule has 2 aromatic rings. The Morgan fingerprint density at radius 3 is 2.43 bits per heavy atom. The molecule has 1 aliphatic heterocycles. The lowest BCUT2D eigenvalue weighted by molar-refractivity contribution is -0.119. The topological polar surface area (TPSA) is 86.3 Å². The first-order valence-corrected chi connectivity index (χ1v) is 9.67. The van der Waals surface area contributed by atoms with E-state index in [0.29, 0.717) is 22.7 Å². The molecule has 160 valence electrons. The summed E-state index contributed by atoms with van der Waals surface area (Å²) in [6.45, 7) is 3.69. The fourth-order valence-electron chi connectivity index (χ4n) is 3.08. The summed E-state index contributed by atoms with van der Waals surface area (Å²) in [6, 6.07) is 12.2. The molecule has 1 N–H and O–H groups in total. The first-order chi connectivity index (χ1) is 14.6. The van der Waals surface area contributed by atoms with Crippen molar-refractivity contribution in [2.24, 2.45) is 0 Å². The van der Waals surface area contributed by atoms with Gasteiger partial charge in [-0.2, -0.15) is 0 Å². The van der Waals surface area contributed by atoms with Crippen molar-refractivity contribution in [3.05, 3.63) is 53.6 Å². The average Bonchev–Trinajstić information content (AvgIpc) is 2.78. The second kappa shape index (κ2) is 10.6. The molecule has 1 fully saturated rings. The quantitative estimate of drug-likeness (QED) is 0.664. The van der Waals surface area contributed by atoms with Crippen molar-refractivity contribution in [1.29, 1.82) is 0 Å². The van der Waals surface area contributed by atoms with Crippen LogP contribution in [0.25, 0.3) is 0 Å². The molecule has 0 bridgehead atoms. The summed E-state index contributed by atoms with van der Waals surface area (Å²) in [5, 5.41) is 2.66. The van der Waals surface area contributed by atoms with Crippen molar-refractivity contribution in [3.8, 4) is 11.5 Å². The summed E-state index contributed by atoms with van der Waals surface area (Å²) in [5.74, 6) is 0.0196. The highest BCUT2D eigenvalue weighted by Crippen LogP contribution is 2.28. The van der Waals surface area contributed by atoms with Crippen molar-refractivity contribution in [2.45, 2.75) is 6.54 Å². The molecule has 0 saturated carbocycles. The van der Waals surface area contributed by atoms with Crippen molar-refractivity contribution >= 4 is 17.6 Å². The first-order valence-electron chi connectivity index (χ1n) is 9.67. The molecule has 30 heavy (non-hydrogen) atoms. The van der Waals surface area contributed by atoms with Gasteiger partial charge in [0.2, 0.25) is 0 Å². The number of methoxy groups -OCH3 is 2. The fourth-order valence-corrected chi connectivity index (χ4v) is 3.08. The first kappa shape index (κ1) is 21.6. The summed E-state index contributed by atoms with van der Waals surface area (Å²) in [5.41, 5.74) is 1.94. The Labute approximate surface area is 175 Å². The molecule has 0 unspecified atom stereocenters. The Balaban J connectivity index is 1.50. The minimum atomic E-state index is -0.555. The van der Waals surface area contributed by atoms with Crippen molar-refractivity contribution in [1.82, 2.24) is 4.90 Å². The number of hydrogen-bond donors (Lipinski definition) is 1. The smallest absolute Gasteiger partial charge is 0.338 e. The lowest BCUT2D eigenvalue weighted by atomic mass is 10.1. The Morgan fingerprint density at radius 2 is 1.77 bits per heavy atom. The Morgan fingerprint density at radius 1 is 1.03 bits per heavy atom. The van der Waals surface area contributed by atoms with Gasteiger partial charge in [0.1, 0.15) is 11.5 Å². The maximum atomic E-state index is 12.3. The molecule has 1 amide bonds. The molecule has 8 heteroatoms. The molecule has 1 aliphatic rings. The summed E-state index contributed by atoms with van der Waals surface area (Å²) in [7, 11) is 3.03. The Bertz CT molecular complexity index is 862. The number of benzene rings is 2. The van der Waals surface area contributed by atoms with Gasteiger partial charge in [-0.15, -0.1) is 0 Å². The molecular formula is C22H26N2O6. The maximum absolute atomic E-state index is 12.3. The van der Waals surface area contributed by atoms with E-state index in [1.807, 2.05) is 12.1 Å². The third-order valence-corrected chi connectivity index (χ3v) is 4.71. The van der Waals surface area contributed by atoms with Crippen LogP contribution in [0.5, 0.6) is 11.5 Å². The van der Waals surface area contributed by atoms with Crippen LogP contribution in [0.4, 0.5) is 5.69 Å². The zero-order valence-electron chi connectivity index (χ0n) is 17.2. The van der Waals surface area contributed by atoms with Gasteiger partial charge < -0.3 is 24.3 Å². The van der Waals surface area contributed by atoms with E-state index in [0.717, 1.165) is 38.4 Å². The predicted octanol–water partition coefficient (Wildman–Crippen LogP) is 2.33. The zero-order valence-corrected chi connectivity index (χ0v) is 17.2. The van der Waals surface area contributed by atoms with Gasteiger partial charge in [-0.1, -0.05) is 12.1 Å². The normalized spacial score (nSPS) is 14.1. The highest BCUT2D eigenvalue weighted by molar-refractivity contribution is 5.96. The number of nitrogens with zero attached hydrogens (tertiary/aromatic N) is 1. The molecule has 8 nitrogen and oxygen atoms in total. The van der Waals surface area contributed by atoms with Crippen molar-refractivity contribution in [3.63, 3.8) is 0 Å². The third-order valence-electron chi connectivity index (χ3n) is 4.71. The average molecular weight is 414 g/mol. The van der Waals surface area contributed by atoms with E-state index in [-0.39, 0.29) is 0 Å². The van der Waals surface area contributed by atoms with E-state index >= 15 is 0 Å². The van der Waals surface area contributed by atoms with Crippen LogP contribution in [0, 0.1) is 0 Å². The Hall–Kier alpha value is -3.10.